The Labute approximate surface area is 127 Å². The van der Waals surface area contributed by atoms with E-state index in [1.807, 2.05) is 47.1 Å². The minimum absolute atomic E-state index is 0.681. The molecule has 106 valence electrons. The molecule has 1 heterocycles. The van der Waals surface area contributed by atoms with Gasteiger partial charge in [-0.2, -0.15) is 0 Å². The van der Waals surface area contributed by atoms with Crippen molar-refractivity contribution in [3.63, 3.8) is 0 Å². The molecule has 5 nitrogen and oxygen atoms in total. The number of benzene rings is 2. The topological polar surface area (TPSA) is 69.6 Å². The number of hydrogen-bond acceptors (Lipinski definition) is 5. The molecule has 2 aromatic carbocycles. The molecule has 2 N–H and O–H groups in total. The van der Waals surface area contributed by atoms with Gasteiger partial charge in [-0.3, -0.25) is 0 Å². The molecule has 0 spiro atoms. The van der Waals surface area contributed by atoms with Crippen molar-refractivity contribution < 1.29 is 0 Å². The fourth-order valence-electron chi connectivity index (χ4n) is 1.96. The Morgan fingerprint density at radius 3 is 2.71 bits per heavy atom. The summed E-state index contributed by atoms with van der Waals surface area (Å²) in [4.78, 5) is 1.12. The molecule has 3 rings (SSSR count). The van der Waals surface area contributed by atoms with E-state index in [0.29, 0.717) is 12.3 Å². The molecule has 0 atom stereocenters. The van der Waals surface area contributed by atoms with Crippen LogP contribution in [0.2, 0.25) is 0 Å². The van der Waals surface area contributed by atoms with Crippen molar-refractivity contribution >= 4 is 17.4 Å². The number of aromatic nitrogens is 4. The average molecular weight is 297 g/mol. The van der Waals surface area contributed by atoms with Crippen LogP contribution in [0.3, 0.4) is 0 Å². The number of rotatable bonds is 5. The number of thioether (sulfide) groups is 1. The van der Waals surface area contributed by atoms with E-state index in [-0.39, 0.29) is 0 Å². The van der Waals surface area contributed by atoms with Crippen LogP contribution in [-0.2, 0) is 12.3 Å². The number of tetrazole rings is 1. The van der Waals surface area contributed by atoms with Gasteiger partial charge in [0.25, 0.3) is 0 Å². The highest BCUT2D eigenvalue weighted by Gasteiger charge is 2.07. The summed E-state index contributed by atoms with van der Waals surface area (Å²) >= 11 is 1.67. The lowest BCUT2D eigenvalue weighted by atomic mass is 10.2. The third kappa shape index (κ3) is 3.61. The van der Waals surface area contributed by atoms with Gasteiger partial charge in [-0.05, 0) is 34.2 Å². The van der Waals surface area contributed by atoms with E-state index in [1.165, 1.54) is 5.56 Å². The summed E-state index contributed by atoms with van der Waals surface area (Å²) in [6.07, 6.45) is 0. The zero-order valence-corrected chi connectivity index (χ0v) is 12.2. The van der Waals surface area contributed by atoms with Crippen molar-refractivity contribution in [2.75, 3.05) is 5.73 Å². The Kier molecular flexibility index (Phi) is 4.16. The first-order valence-corrected chi connectivity index (χ1v) is 7.57. The maximum atomic E-state index is 5.78. The zero-order chi connectivity index (χ0) is 14.5. The number of nitrogens with zero attached hydrogens (tertiary/aromatic N) is 4. The molecule has 0 fully saturated rings. The molecule has 0 bridgehead atoms. The molecule has 0 aliphatic carbocycles. The molecule has 21 heavy (non-hydrogen) atoms. The monoisotopic (exact) mass is 297 g/mol. The maximum Gasteiger partial charge on any atom is 0.161 e. The Balaban J connectivity index is 1.68. The molecular weight excluding hydrogens is 282 g/mol. The highest BCUT2D eigenvalue weighted by atomic mass is 32.2. The van der Waals surface area contributed by atoms with E-state index in [9.17, 15) is 0 Å². The zero-order valence-electron chi connectivity index (χ0n) is 11.4. The van der Waals surface area contributed by atoms with Crippen molar-refractivity contribution in [1.82, 2.24) is 20.2 Å². The van der Waals surface area contributed by atoms with Gasteiger partial charge in [-0.25, -0.2) is 4.68 Å². The highest BCUT2D eigenvalue weighted by Crippen LogP contribution is 2.23. The summed E-state index contributed by atoms with van der Waals surface area (Å²) in [6, 6.07) is 18.0. The Bertz CT molecular complexity index is 711. The van der Waals surface area contributed by atoms with Gasteiger partial charge >= 0.3 is 0 Å². The number of hydrogen-bond donors (Lipinski definition) is 1. The van der Waals surface area contributed by atoms with Crippen molar-refractivity contribution in [2.45, 2.75) is 17.2 Å². The van der Waals surface area contributed by atoms with Crippen LogP contribution in [-0.4, -0.2) is 20.2 Å². The van der Waals surface area contributed by atoms with Gasteiger partial charge in [-0.1, -0.05) is 36.4 Å². The smallest absolute Gasteiger partial charge is 0.161 e. The van der Waals surface area contributed by atoms with E-state index in [0.717, 1.165) is 16.4 Å². The summed E-state index contributed by atoms with van der Waals surface area (Å²) in [7, 11) is 0. The van der Waals surface area contributed by atoms with Gasteiger partial charge in [0.05, 0.1) is 12.3 Å². The van der Waals surface area contributed by atoms with Crippen LogP contribution < -0.4 is 5.73 Å². The Hall–Kier alpha value is -2.34. The normalized spacial score (nSPS) is 10.7. The fourth-order valence-corrected chi connectivity index (χ4v) is 2.85. The lowest BCUT2D eigenvalue weighted by Crippen LogP contribution is -2.06. The van der Waals surface area contributed by atoms with E-state index in [1.54, 1.807) is 11.8 Å². The molecule has 0 saturated heterocycles. The average Bonchev–Trinajstić information content (AvgIpc) is 2.93. The molecule has 0 radical (unpaired) electrons. The summed E-state index contributed by atoms with van der Waals surface area (Å²) in [5.41, 5.74) is 7.73. The molecule has 0 amide bonds. The van der Waals surface area contributed by atoms with Crippen LogP contribution in [0, 0.1) is 0 Å². The molecule has 1 aromatic heterocycles. The number of nitrogens with two attached hydrogens (primary N) is 1. The van der Waals surface area contributed by atoms with Gasteiger partial charge in [0.1, 0.15) is 0 Å². The molecule has 0 aliphatic rings. The van der Waals surface area contributed by atoms with E-state index >= 15 is 0 Å². The van der Waals surface area contributed by atoms with Crippen molar-refractivity contribution in [3.05, 3.63) is 66.0 Å². The third-order valence-corrected chi connectivity index (χ3v) is 4.00. The molecule has 6 heteroatoms. The van der Waals surface area contributed by atoms with Crippen LogP contribution in [0.5, 0.6) is 0 Å². The van der Waals surface area contributed by atoms with Gasteiger partial charge in [0, 0.05) is 10.6 Å². The molecule has 0 aliphatic heterocycles. The quantitative estimate of drug-likeness (QED) is 0.579. The predicted molar refractivity (Wildman–Crippen MR) is 83.8 cm³/mol. The SMILES string of the molecule is Nc1cccc(SCc2nnnn2Cc2ccccc2)c1. The van der Waals surface area contributed by atoms with Crippen molar-refractivity contribution in [3.8, 4) is 0 Å². The summed E-state index contributed by atoms with van der Waals surface area (Å²) in [5, 5.41) is 11.9. The van der Waals surface area contributed by atoms with Crippen molar-refractivity contribution in [1.29, 1.82) is 0 Å². The van der Waals surface area contributed by atoms with Gasteiger partial charge in [0.15, 0.2) is 5.82 Å². The first kappa shape index (κ1) is 13.6. The second-order valence-electron chi connectivity index (χ2n) is 4.60. The van der Waals surface area contributed by atoms with Crippen LogP contribution in [0.25, 0.3) is 0 Å². The number of anilines is 1. The van der Waals surface area contributed by atoms with Crippen LogP contribution in [0.4, 0.5) is 5.69 Å². The largest absolute Gasteiger partial charge is 0.399 e. The minimum atomic E-state index is 0.681. The fraction of sp³-hybridized carbons (Fsp3) is 0.133. The van der Waals surface area contributed by atoms with Gasteiger partial charge in [-0.15, -0.1) is 16.9 Å². The Morgan fingerprint density at radius 1 is 1.05 bits per heavy atom. The minimum Gasteiger partial charge on any atom is -0.399 e. The van der Waals surface area contributed by atoms with Crippen LogP contribution >= 0.6 is 11.8 Å². The lowest BCUT2D eigenvalue weighted by molar-refractivity contribution is 0.631. The summed E-state index contributed by atoms with van der Waals surface area (Å²) in [5.74, 6) is 1.56. The van der Waals surface area contributed by atoms with E-state index in [4.69, 9.17) is 5.73 Å². The predicted octanol–water partition coefficient (Wildman–Crippen LogP) is 2.60. The first-order chi connectivity index (χ1) is 10.3. The lowest BCUT2D eigenvalue weighted by Gasteiger charge is -2.05. The summed E-state index contributed by atoms with van der Waals surface area (Å²) < 4.78 is 1.83. The summed E-state index contributed by atoms with van der Waals surface area (Å²) in [6.45, 7) is 0.681. The van der Waals surface area contributed by atoms with E-state index in [2.05, 4.69) is 27.7 Å². The highest BCUT2D eigenvalue weighted by molar-refractivity contribution is 7.98. The third-order valence-electron chi connectivity index (χ3n) is 3.01. The van der Waals surface area contributed by atoms with Gasteiger partial charge < -0.3 is 5.73 Å². The second kappa shape index (κ2) is 6.41. The van der Waals surface area contributed by atoms with Crippen LogP contribution in [0.15, 0.2) is 59.5 Å². The van der Waals surface area contributed by atoms with E-state index < -0.39 is 0 Å². The first-order valence-electron chi connectivity index (χ1n) is 6.58. The molecule has 0 saturated carbocycles. The van der Waals surface area contributed by atoms with Crippen LogP contribution in [0.1, 0.15) is 11.4 Å². The standard InChI is InChI=1S/C15H15N5S/c16-13-7-4-8-14(9-13)21-11-15-17-18-19-20(15)10-12-5-2-1-3-6-12/h1-9H,10-11,16H2. The molecule has 0 unspecified atom stereocenters. The molecular formula is C15H15N5S. The number of nitrogen functional groups attached to an aromatic ring is 1. The second-order valence-corrected chi connectivity index (χ2v) is 5.65. The van der Waals surface area contributed by atoms with Crippen molar-refractivity contribution in [2.24, 2.45) is 0 Å². The maximum absolute atomic E-state index is 5.78. The van der Waals surface area contributed by atoms with Gasteiger partial charge in [0.2, 0.25) is 0 Å². The Morgan fingerprint density at radius 2 is 1.90 bits per heavy atom. The molecule has 3 aromatic rings.